The maximum Gasteiger partial charge on any atom is 0.320 e. The van der Waals surface area contributed by atoms with Gasteiger partial charge in [-0.2, -0.15) is 0 Å². The molecule has 0 aromatic heterocycles. The van der Waals surface area contributed by atoms with Crippen molar-refractivity contribution in [2.75, 3.05) is 52.9 Å². The van der Waals surface area contributed by atoms with E-state index in [0.29, 0.717) is 6.42 Å². The van der Waals surface area contributed by atoms with Crippen LogP contribution in [0.4, 0.5) is 4.79 Å². The van der Waals surface area contributed by atoms with Gasteiger partial charge in [-0.05, 0) is 12.8 Å². The van der Waals surface area contributed by atoms with Gasteiger partial charge in [-0.15, -0.1) is 0 Å². The predicted octanol–water partition coefficient (Wildman–Crippen LogP) is 0.383. The zero-order chi connectivity index (χ0) is 13.7. The molecule has 2 fully saturated rings. The van der Waals surface area contributed by atoms with Gasteiger partial charge in [0.2, 0.25) is 0 Å². The highest BCUT2D eigenvalue weighted by Crippen LogP contribution is 2.12. The van der Waals surface area contributed by atoms with E-state index < -0.39 is 0 Å². The number of carbonyl (C=O) groups excluding carboxylic acids is 2. The van der Waals surface area contributed by atoms with Gasteiger partial charge in [-0.25, -0.2) is 4.79 Å². The normalized spacial score (nSPS) is 20.7. The van der Waals surface area contributed by atoms with Gasteiger partial charge in [-0.1, -0.05) is 0 Å². The SMILES string of the molecule is COC(=O)CCN1CCN(C(=O)N2CCCC2)CC1. The van der Waals surface area contributed by atoms with Crippen LogP contribution in [0, 0.1) is 0 Å². The van der Waals surface area contributed by atoms with Crippen LogP contribution in [0.5, 0.6) is 0 Å². The molecule has 0 saturated carbocycles. The Labute approximate surface area is 114 Å². The summed E-state index contributed by atoms with van der Waals surface area (Å²) in [5, 5.41) is 0. The van der Waals surface area contributed by atoms with Crippen molar-refractivity contribution in [3.05, 3.63) is 0 Å². The number of hydrogen-bond acceptors (Lipinski definition) is 4. The Bertz CT molecular complexity index is 321. The molecule has 6 nitrogen and oxygen atoms in total. The Morgan fingerprint density at radius 3 is 2.11 bits per heavy atom. The number of nitrogens with zero attached hydrogens (tertiary/aromatic N) is 3. The Morgan fingerprint density at radius 2 is 1.53 bits per heavy atom. The highest BCUT2D eigenvalue weighted by atomic mass is 16.5. The lowest BCUT2D eigenvalue weighted by atomic mass is 10.3. The summed E-state index contributed by atoms with van der Waals surface area (Å²) in [6.07, 6.45) is 2.69. The Balaban J connectivity index is 1.69. The number of carbonyl (C=O) groups is 2. The molecule has 6 heteroatoms. The first-order chi connectivity index (χ1) is 9.20. The fraction of sp³-hybridized carbons (Fsp3) is 0.846. The molecule has 0 bridgehead atoms. The van der Waals surface area contributed by atoms with E-state index in [4.69, 9.17) is 0 Å². The second-order valence-electron chi connectivity index (χ2n) is 5.13. The van der Waals surface area contributed by atoms with Crippen molar-refractivity contribution in [1.82, 2.24) is 14.7 Å². The summed E-state index contributed by atoms with van der Waals surface area (Å²) in [4.78, 5) is 29.4. The molecule has 0 spiro atoms. The van der Waals surface area contributed by atoms with Crippen LogP contribution in [0.1, 0.15) is 19.3 Å². The second-order valence-corrected chi connectivity index (χ2v) is 5.13. The summed E-state index contributed by atoms with van der Waals surface area (Å²) in [7, 11) is 1.41. The number of amides is 2. The van der Waals surface area contributed by atoms with E-state index in [9.17, 15) is 9.59 Å². The molecule has 0 unspecified atom stereocenters. The molecule has 0 N–H and O–H groups in total. The number of rotatable bonds is 3. The summed E-state index contributed by atoms with van der Waals surface area (Å²) in [6, 6.07) is 0.185. The predicted molar refractivity (Wildman–Crippen MR) is 70.8 cm³/mol. The topological polar surface area (TPSA) is 53.1 Å². The van der Waals surface area contributed by atoms with E-state index in [2.05, 4.69) is 9.64 Å². The summed E-state index contributed by atoms with van der Waals surface area (Å²) in [6.45, 7) is 5.74. The quantitative estimate of drug-likeness (QED) is 0.695. The zero-order valence-corrected chi connectivity index (χ0v) is 11.6. The summed E-state index contributed by atoms with van der Waals surface area (Å²) >= 11 is 0. The maximum absolute atomic E-state index is 12.2. The van der Waals surface area contributed by atoms with Crippen LogP contribution in [0.25, 0.3) is 0 Å². The van der Waals surface area contributed by atoms with Crippen LogP contribution in [-0.4, -0.2) is 79.6 Å². The standard InChI is InChI=1S/C13H23N3O3/c1-19-12(17)4-7-14-8-10-16(11-9-14)13(18)15-5-2-3-6-15/h2-11H2,1H3. The molecular weight excluding hydrogens is 246 g/mol. The van der Waals surface area contributed by atoms with Crippen LogP contribution >= 0.6 is 0 Å². The molecule has 2 rings (SSSR count). The number of piperazine rings is 1. The number of esters is 1. The van der Waals surface area contributed by atoms with Crippen molar-refractivity contribution in [2.45, 2.75) is 19.3 Å². The minimum atomic E-state index is -0.171. The lowest BCUT2D eigenvalue weighted by Crippen LogP contribution is -2.52. The third kappa shape index (κ3) is 3.83. The van der Waals surface area contributed by atoms with Gasteiger partial charge in [0.15, 0.2) is 0 Å². The van der Waals surface area contributed by atoms with Gasteiger partial charge in [-0.3, -0.25) is 9.69 Å². The van der Waals surface area contributed by atoms with Gasteiger partial charge in [0.25, 0.3) is 0 Å². The van der Waals surface area contributed by atoms with Crippen LogP contribution in [0.15, 0.2) is 0 Å². The number of hydrogen-bond donors (Lipinski definition) is 0. The van der Waals surface area contributed by atoms with Gasteiger partial charge in [0.1, 0.15) is 0 Å². The first-order valence-electron chi connectivity index (χ1n) is 7.03. The number of urea groups is 1. The van der Waals surface area contributed by atoms with E-state index in [1.807, 2.05) is 9.80 Å². The molecule has 2 aliphatic heterocycles. The van der Waals surface area contributed by atoms with Crippen molar-refractivity contribution in [3.63, 3.8) is 0 Å². The molecule has 2 heterocycles. The average Bonchev–Trinajstić information content (AvgIpc) is 2.98. The molecular formula is C13H23N3O3. The third-order valence-corrected chi connectivity index (χ3v) is 3.88. The van der Waals surface area contributed by atoms with Crippen LogP contribution < -0.4 is 0 Å². The summed E-state index contributed by atoms with van der Waals surface area (Å²) in [5.74, 6) is -0.171. The molecule has 2 saturated heterocycles. The molecule has 0 aromatic carbocycles. The van der Waals surface area contributed by atoms with Crippen molar-refractivity contribution < 1.29 is 14.3 Å². The maximum atomic E-state index is 12.2. The molecule has 0 aromatic rings. The van der Waals surface area contributed by atoms with E-state index in [-0.39, 0.29) is 12.0 Å². The van der Waals surface area contributed by atoms with Crippen molar-refractivity contribution in [1.29, 1.82) is 0 Å². The van der Waals surface area contributed by atoms with Crippen LogP contribution in [-0.2, 0) is 9.53 Å². The van der Waals surface area contributed by atoms with Gasteiger partial charge < -0.3 is 14.5 Å². The zero-order valence-electron chi connectivity index (χ0n) is 11.6. The van der Waals surface area contributed by atoms with E-state index in [0.717, 1.165) is 58.7 Å². The van der Waals surface area contributed by atoms with Crippen LogP contribution in [0.2, 0.25) is 0 Å². The lowest BCUT2D eigenvalue weighted by molar-refractivity contribution is -0.141. The minimum Gasteiger partial charge on any atom is -0.469 e. The average molecular weight is 269 g/mol. The Morgan fingerprint density at radius 1 is 0.947 bits per heavy atom. The number of ether oxygens (including phenoxy) is 1. The van der Waals surface area contributed by atoms with Gasteiger partial charge in [0.05, 0.1) is 13.5 Å². The Kier molecular flexibility index (Phi) is 5.01. The first-order valence-corrected chi connectivity index (χ1v) is 7.03. The summed E-state index contributed by atoms with van der Waals surface area (Å²) in [5.41, 5.74) is 0. The van der Waals surface area contributed by atoms with E-state index in [1.165, 1.54) is 7.11 Å². The fourth-order valence-corrected chi connectivity index (χ4v) is 2.62. The van der Waals surface area contributed by atoms with E-state index in [1.54, 1.807) is 0 Å². The molecule has 0 aliphatic carbocycles. The molecule has 108 valence electrons. The third-order valence-electron chi connectivity index (χ3n) is 3.88. The second kappa shape index (κ2) is 6.75. The molecule has 2 aliphatic rings. The highest BCUT2D eigenvalue weighted by Gasteiger charge is 2.26. The molecule has 0 atom stereocenters. The van der Waals surface area contributed by atoms with E-state index >= 15 is 0 Å². The van der Waals surface area contributed by atoms with Gasteiger partial charge >= 0.3 is 12.0 Å². The monoisotopic (exact) mass is 269 g/mol. The summed E-state index contributed by atoms with van der Waals surface area (Å²) < 4.78 is 4.63. The number of methoxy groups -OCH3 is 1. The Hall–Kier alpha value is -1.30. The molecule has 2 amide bonds. The highest BCUT2D eigenvalue weighted by molar-refractivity contribution is 5.74. The van der Waals surface area contributed by atoms with Gasteiger partial charge in [0, 0.05) is 45.8 Å². The van der Waals surface area contributed by atoms with Crippen molar-refractivity contribution >= 4 is 12.0 Å². The van der Waals surface area contributed by atoms with Crippen molar-refractivity contribution in [2.24, 2.45) is 0 Å². The van der Waals surface area contributed by atoms with Crippen molar-refractivity contribution in [3.8, 4) is 0 Å². The fourth-order valence-electron chi connectivity index (χ4n) is 2.62. The lowest BCUT2D eigenvalue weighted by Gasteiger charge is -2.36. The first kappa shape index (κ1) is 14.1. The minimum absolute atomic E-state index is 0.171. The van der Waals surface area contributed by atoms with Crippen LogP contribution in [0.3, 0.4) is 0 Å². The number of likely N-dealkylation sites (tertiary alicyclic amines) is 1. The molecule has 19 heavy (non-hydrogen) atoms. The largest absolute Gasteiger partial charge is 0.469 e. The smallest absolute Gasteiger partial charge is 0.320 e. The molecule has 0 radical (unpaired) electrons.